The third-order valence-corrected chi connectivity index (χ3v) is 3.45. The summed E-state index contributed by atoms with van der Waals surface area (Å²) in [7, 11) is 3.83. The Labute approximate surface area is 135 Å². The van der Waals surface area contributed by atoms with Gasteiger partial charge in [0.25, 0.3) is 0 Å². The molecule has 0 atom stereocenters. The Balaban J connectivity index is 2.05. The lowest BCUT2D eigenvalue weighted by molar-refractivity contribution is -0.122. The molecule has 23 heavy (non-hydrogen) atoms. The van der Waals surface area contributed by atoms with Crippen LogP contribution in [0.2, 0.25) is 0 Å². The standard InChI is InChI=1S/C15H23N5O3/c1-9-11(10(2)22-18-9)7-12(21)17-15(3,4)14-16-13(23-19-14)8-20(5)6/h7-8H2,1-6H3,(H,17,21). The van der Waals surface area contributed by atoms with Gasteiger partial charge in [0.05, 0.1) is 24.2 Å². The molecule has 0 unspecified atom stereocenters. The second-order valence-electron chi connectivity index (χ2n) is 6.40. The van der Waals surface area contributed by atoms with Gasteiger partial charge in [-0.3, -0.25) is 4.79 Å². The lowest BCUT2D eigenvalue weighted by Crippen LogP contribution is -2.42. The van der Waals surface area contributed by atoms with Gasteiger partial charge in [0.1, 0.15) is 5.76 Å². The van der Waals surface area contributed by atoms with E-state index in [-0.39, 0.29) is 12.3 Å². The van der Waals surface area contributed by atoms with Crippen LogP contribution in [0.5, 0.6) is 0 Å². The molecule has 2 rings (SSSR count). The molecule has 0 bridgehead atoms. The van der Waals surface area contributed by atoms with Gasteiger partial charge < -0.3 is 19.3 Å². The van der Waals surface area contributed by atoms with Gasteiger partial charge in [-0.05, 0) is 41.8 Å². The summed E-state index contributed by atoms with van der Waals surface area (Å²) in [6.07, 6.45) is 0.201. The number of rotatable bonds is 6. The fourth-order valence-electron chi connectivity index (χ4n) is 2.21. The number of nitrogens with zero attached hydrogens (tertiary/aromatic N) is 4. The number of hydrogen-bond donors (Lipinski definition) is 1. The van der Waals surface area contributed by atoms with Crippen LogP contribution in [0.3, 0.4) is 0 Å². The Morgan fingerprint density at radius 1 is 1.22 bits per heavy atom. The molecule has 0 saturated carbocycles. The van der Waals surface area contributed by atoms with E-state index in [1.54, 1.807) is 6.92 Å². The maximum Gasteiger partial charge on any atom is 0.240 e. The van der Waals surface area contributed by atoms with E-state index in [1.165, 1.54) is 0 Å². The molecule has 0 aliphatic carbocycles. The summed E-state index contributed by atoms with van der Waals surface area (Å²) in [6, 6.07) is 0. The normalized spacial score (nSPS) is 12.0. The average molecular weight is 321 g/mol. The van der Waals surface area contributed by atoms with Gasteiger partial charge in [0.15, 0.2) is 5.82 Å². The first-order valence-electron chi connectivity index (χ1n) is 7.39. The highest BCUT2D eigenvalue weighted by molar-refractivity contribution is 5.79. The van der Waals surface area contributed by atoms with Crippen molar-refractivity contribution in [2.75, 3.05) is 14.1 Å². The number of aryl methyl sites for hydroxylation is 2. The SMILES string of the molecule is Cc1noc(C)c1CC(=O)NC(C)(C)c1noc(CN(C)C)n1. The molecule has 0 spiro atoms. The summed E-state index contributed by atoms with van der Waals surface area (Å²) < 4.78 is 10.3. The van der Waals surface area contributed by atoms with Gasteiger partial charge in [0.2, 0.25) is 11.8 Å². The van der Waals surface area contributed by atoms with E-state index in [4.69, 9.17) is 9.05 Å². The Hall–Kier alpha value is -2.22. The summed E-state index contributed by atoms with van der Waals surface area (Å²) in [4.78, 5) is 18.6. The Morgan fingerprint density at radius 3 is 2.48 bits per heavy atom. The van der Waals surface area contributed by atoms with E-state index in [2.05, 4.69) is 20.6 Å². The number of nitrogens with one attached hydrogen (secondary N) is 1. The average Bonchev–Trinajstić information content (AvgIpc) is 3.00. The lowest BCUT2D eigenvalue weighted by Gasteiger charge is -2.22. The summed E-state index contributed by atoms with van der Waals surface area (Å²) in [6.45, 7) is 7.83. The van der Waals surface area contributed by atoms with Crippen LogP contribution in [-0.4, -0.2) is 40.2 Å². The molecule has 1 N–H and O–H groups in total. The topological polar surface area (TPSA) is 97.3 Å². The summed E-state index contributed by atoms with van der Waals surface area (Å²) in [5.74, 6) is 1.46. The van der Waals surface area contributed by atoms with Gasteiger partial charge in [-0.15, -0.1) is 0 Å². The molecular formula is C15H23N5O3. The molecule has 0 radical (unpaired) electrons. The zero-order chi connectivity index (χ0) is 17.2. The number of amides is 1. The molecule has 0 aliphatic heterocycles. The second-order valence-corrected chi connectivity index (χ2v) is 6.40. The molecule has 0 aromatic carbocycles. The number of hydrogen-bond acceptors (Lipinski definition) is 7. The summed E-state index contributed by atoms with van der Waals surface area (Å²) >= 11 is 0. The number of carbonyl (C=O) groups excluding carboxylic acids is 1. The van der Waals surface area contributed by atoms with E-state index in [9.17, 15) is 4.79 Å². The maximum absolute atomic E-state index is 12.3. The van der Waals surface area contributed by atoms with Crippen molar-refractivity contribution >= 4 is 5.91 Å². The van der Waals surface area contributed by atoms with Gasteiger partial charge >= 0.3 is 0 Å². The predicted molar refractivity (Wildman–Crippen MR) is 82.5 cm³/mol. The minimum atomic E-state index is -0.732. The van der Waals surface area contributed by atoms with Crippen LogP contribution in [0.15, 0.2) is 9.05 Å². The molecule has 2 heterocycles. The van der Waals surface area contributed by atoms with Crippen LogP contribution in [0.1, 0.15) is 42.6 Å². The molecular weight excluding hydrogens is 298 g/mol. The van der Waals surface area contributed by atoms with Gasteiger partial charge in [0, 0.05) is 5.56 Å². The summed E-state index contributed by atoms with van der Waals surface area (Å²) in [5, 5.41) is 10.7. The van der Waals surface area contributed by atoms with Crippen LogP contribution < -0.4 is 5.32 Å². The maximum atomic E-state index is 12.3. The first-order chi connectivity index (χ1) is 10.7. The van der Waals surface area contributed by atoms with Crippen LogP contribution in [0, 0.1) is 13.8 Å². The van der Waals surface area contributed by atoms with E-state index in [0.29, 0.717) is 24.0 Å². The second kappa shape index (κ2) is 6.49. The van der Waals surface area contributed by atoms with Crippen molar-refractivity contribution in [3.8, 4) is 0 Å². The fraction of sp³-hybridized carbons (Fsp3) is 0.600. The minimum Gasteiger partial charge on any atom is -0.361 e. The van der Waals surface area contributed by atoms with Crippen molar-refractivity contribution in [1.82, 2.24) is 25.5 Å². The van der Waals surface area contributed by atoms with Crippen molar-refractivity contribution in [2.45, 2.75) is 46.2 Å². The van der Waals surface area contributed by atoms with E-state index < -0.39 is 5.54 Å². The first-order valence-corrected chi connectivity index (χ1v) is 7.39. The molecule has 8 nitrogen and oxygen atoms in total. The van der Waals surface area contributed by atoms with E-state index >= 15 is 0 Å². The van der Waals surface area contributed by atoms with E-state index in [1.807, 2.05) is 39.8 Å². The third-order valence-electron chi connectivity index (χ3n) is 3.45. The van der Waals surface area contributed by atoms with Crippen molar-refractivity contribution in [3.05, 3.63) is 28.7 Å². The number of carbonyl (C=O) groups is 1. The molecule has 0 saturated heterocycles. The van der Waals surface area contributed by atoms with Gasteiger partial charge in [-0.2, -0.15) is 4.98 Å². The fourth-order valence-corrected chi connectivity index (χ4v) is 2.21. The van der Waals surface area contributed by atoms with Crippen LogP contribution in [0.4, 0.5) is 0 Å². The highest BCUT2D eigenvalue weighted by atomic mass is 16.5. The van der Waals surface area contributed by atoms with Gasteiger partial charge in [-0.1, -0.05) is 10.3 Å². The highest BCUT2D eigenvalue weighted by Crippen LogP contribution is 2.18. The minimum absolute atomic E-state index is 0.150. The van der Waals surface area contributed by atoms with Crippen molar-refractivity contribution in [1.29, 1.82) is 0 Å². The highest BCUT2D eigenvalue weighted by Gasteiger charge is 2.29. The van der Waals surface area contributed by atoms with Crippen molar-refractivity contribution < 1.29 is 13.8 Å². The lowest BCUT2D eigenvalue weighted by atomic mass is 10.0. The van der Waals surface area contributed by atoms with E-state index in [0.717, 1.165) is 11.3 Å². The quantitative estimate of drug-likeness (QED) is 0.857. The summed E-state index contributed by atoms with van der Waals surface area (Å²) in [5.41, 5.74) is 0.799. The number of aromatic nitrogens is 3. The zero-order valence-electron chi connectivity index (χ0n) is 14.4. The smallest absolute Gasteiger partial charge is 0.240 e. The molecule has 0 fully saturated rings. The van der Waals surface area contributed by atoms with Crippen LogP contribution in [0.25, 0.3) is 0 Å². The molecule has 0 aliphatic rings. The largest absolute Gasteiger partial charge is 0.361 e. The first kappa shape index (κ1) is 17.1. The Kier molecular flexibility index (Phi) is 4.84. The zero-order valence-corrected chi connectivity index (χ0v) is 14.4. The molecule has 126 valence electrons. The van der Waals surface area contributed by atoms with Gasteiger partial charge in [-0.25, -0.2) is 0 Å². The molecule has 2 aromatic heterocycles. The molecule has 1 amide bonds. The van der Waals surface area contributed by atoms with Crippen molar-refractivity contribution in [3.63, 3.8) is 0 Å². The Morgan fingerprint density at radius 2 is 1.91 bits per heavy atom. The Bertz CT molecular complexity index is 668. The third kappa shape index (κ3) is 4.16. The van der Waals surface area contributed by atoms with Crippen LogP contribution in [-0.2, 0) is 23.3 Å². The van der Waals surface area contributed by atoms with Crippen LogP contribution >= 0.6 is 0 Å². The molecule has 2 aromatic rings. The predicted octanol–water partition coefficient (Wildman–Crippen LogP) is 1.33. The monoisotopic (exact) mass is 321 g/mol. The van der Waals surface area contributed by atoms with Crippen molar-refractivity contribution in [2.24, 2.45) is 0 Å². The molecule has 8 heteroatoms.